The Bertz CT molecular complexity index is 450. The van der Waals surface area contributed by atoms with Crippen LogP contribution in [0.1, 0.15) is 6.92 Å². The van der Waals surface area contributed by atoms with Crippen molar-refractivity contribution in [3.05, 3.63) is 28.2 Å². The van der Waals surface area contributed by atoms with E-state index < -0.39 is 0 Å². The lowest BCUT2D eigenvalue weighted by molar-refractivity contribution is -0.117. The SMILES string of the molecule is CC1CN(CC(=O)Nc2c(Cl)cccc2Cl)CCN1.Cl. The van der Waals surface area contributed by atoms with Gasteiger partial charge in [0.05, 0.1) is 22.3 Å². The summed E-state index contributed by atoms with van der Waals surface area (Å²) in [5.74, 6) is -0.0934. The lowest BCUT2D eigenvalue weighted by Gasteiger charge is -2.31. The second kappa shape index (κ2) is 8.05. The number of nitrogens with zero attached hydrogens (tertiary/aromatic N) is 1. The van der Waals surface area contributed by atoms with E-state index in [4.69, 9.17) is 23.2 Å². The molecule has 1 aliphatic rings. The molecule has 2 rings (SSSR count). The number of rotatable bonds is 3. The van der Waals surface area contributed by atoms with Crippen molar-refractivity contribution in [2.24, 2.45) is 0 Å². The van der Waals surface area contributed by atoms with Crippen LogP contribution in [0.5, 0.6) is 0 Å². The van der Waals surface area contributed by atoms with E-state index in [-0.39, 0.29) is 18.3 Å². The molecule has 1 saturated heterocycles. The van der Waals surface area contributed by atoms with Crippen molar-refractivity contribution in [2.75, 3.05) is 31.5 Å². The molecule has 0 bridgehead atoms. The summed E-state index contributed by atoms with van der Waals surface area (Å²) in [5.41, 5.74) is 0.485. The van der Waals surface area contributed by atoms with Crippen molar-refractivity contribution in [1.82, 2.24) is 10.2 Å². The van der Waals surface area contributed by atoms with Gasteiger partial charge in [0.15, 0.2) is 0 Å². The van der Waals surface area contributed by atoms with E-state index in [0.29, 0.717) is 28.3 Å². The Labute approximate surface area is 135 Å². The van der Waals surface area contributed by atoms with Crippen molar-refractivity contribution in [3.63, 3.8) is 0 Å². The lowest BCUT2D eigenvalue weighted by atomic mass is 10.2. The normalized spacial score (nSPS) is 19.2. The maximum atomic E-state index is 12.0. The number of hydrogen-bond donors (Lipinski definition) is 2. The first-order chi connectivity index (χ1) is 9.06. The minimum absolute atomic E-state index is 0. The van der Waals surface area contributed by atoms with Gasteiger partial charge in [-0.05, 0) is 19.1 Å². The molecule has 4 nitrogen and oxygen atoms in total. The van der Waals surface area contributed by atoms with E-state index in [2.05, 4.69) is 22.5 Å². The number of para-hydroxylation sites is 1. The third-order valence-electron chi connectivity index (χ3n) is 3.05. The van der Waals surface area contributed by atoms with Crippen molar-refractivity contribution >= 4 is 47.2 Å². The van der Waals surface area contributed by atoms with E-state index in [0.717, 1.165) is 19.6 Å². The van der Waals surface area contributed by atoms with Crippen LogP contribution in [-0.2, 0) is 4.79 Å². The van der Waals surface area contributed by atoms with Gasteiger partial charge >= 0.3 is 0 Å². The van der Waals surface area contributed by atoms with E-state index >= 15 is 0 Å². The van der Waals surface area contributed by atoms with E-state index in [9.17, 15) is 4.79 Å². The predicted molar refractivity (Wildman–Crippen MR) is 86.2 cm³/mol. The third-order valence-corrected chi connectivity index (χ3v) is 3.68. The average Bonchev–Trinajstić information content (AvgIpc) is 2.34. The molecule has 1 aromatic rings. The summed E-state index contributed by atoms with van der Waals surface area (Å²) in [5, 5.41) is 7.02. The van der Waals surface area contributed by atoms with Crippen molar-refractivity contribution < 1.29 is 4.79 Å². The minimum Gasteiger partial charge on any atom is -0.322 e. The van der Waals surface area contributed by atoms with E-state index in [1.165, 1.54) is 0 Å². The third kappa shape index (κ3) is 4.79. The predicted octanol–water partition coefficient (Wildman–Crippen LogP) is 2.65. The highest BCUT2D eigenvalue weighted by Gasteiger charge is 2.18. The Balaban J connectivity index is 0.00000200. The number of hydrogen-bond acceptors (Lipinski definition) is 3. The summed E-state index contributed by atoms with van der Waals surface area (Å²) in [4.78, 5) is 14.1. The zero-order valence-corrected chi connectivity index (χ0v) is 13.5. The second-order valence-corrected chi connectivity index (χ2v) is 5.55. The van der Waals surface area contributed by atoms with Crippen LogP contribution < -0.4 is 10.6 Å². The first kappa shape index (κ1) is 17.5. The van der Waals surface area contributed by atoms with Gasteiger partial charge in [-0.15, -0.1) is 12.4 Å². The Morgan fingerprint density at radius 3 is 2.70 bits per heavy atom. The summed E-state index contributed by atoms with van der Waals surface area (Å²) in [7, 11) is 0. The number of carbonyl (C=O) groups is 1. The summed E-state index contributed by atoms with van der Waals surface area (Å²) in [6.45, 7) is 5.10. The highest BCUT2D eigenvalue weighted by Crippen LogP contribution is 2.29. The van der Waals surface area contributed by atoms with Crippen LogP contribution in [0.4, 0.5) is 5.69 Å². The maximum absolute atomic E-state index is 12.0. The molecule has 1 unspecified atom stereocenters. The number of anilines is 1. The molecule has 0 radical (unpaired) electrons. The van der Waals surface area contributed by atoms with Gasteiger partial charge < -0.3 is 10.6 Å². The average molecular weight is 339 g/mol. The number of carbonyl (C=O) groups excluding carboxylic acids is 1. The molecule has 0 aromatic heterocycles. The van der Waals surface area contributed by atoms with Crippen molar-refractivity contribution in [3.8, 4) is 0 Å². The van der Waals surface area contributed by atoms with Gasteiger partial charge in [-0.25, -0.2) is 0 Å². The number of piperazine rings is 1. The topological polar surface area (TPSA) is 44.4 Å². The molecule has 1 amide bonds. The van der Waals surface area contributed by atoms with Crippen LogP contribution in [0.3, 0.4) is 0 Å². The van der Waals surface area contributed by atoms with Crippen LogP contribution in [-0.4, -0.2) is 43.0 Å². The number of nitrogens with one attached hydrogen (secondary N) is 2. The van der Waals surface area contributed by atoms with Gasteiger partial charge in [0.2, 0.25) is 5.91 Å². The number of amides is 1. The molecule has 0 saturated carbocycles. The molecule has 1 aliphatic heterocycles. The van der Waals surface area contributed by atoms with Crippen LogP contribution in [0.15, 0.2) is 18.2 Å². The molecule has 7 heteroatoms. The molecule has 1 fully saturated rings. The fraction of sp³-hybridized carbons (Fsp3) is 0.462. The Kier molecular flexibility index (Phi) is 7.06. The fourth-order valence-electron chi connectivity index (χ4n) is 2.16. The molecule has 20 heavy (non-hydrogen) atoms. The molecular formula is C13H18Cl3N3O. The van der Waals surface area contributed by atoms with Gasteiger partial charge in [0.25, 0.3) is 0 Å². The van der Waals surface area contributed by atoms with Gasteiger partial charge in [-0.2, -0.15) is 0 Å². The van der Waals surface area contributed by atoms with Crippen LogP contribution in [0, 0.1) is 0 Å². The summed E-state index contributed by atoms with van der Waals surface area (Å²) in [6, 6.07) is 5.56. The van der Waals surface area contributed by atoms with Crippen molar-refractivity contribution in [1.29, 1.82) is 0 Å². The molecular weight excluding hydrogens is 321 g/mol. The molecule has 2 N–H and O–H groups in total. The second-order valence-electron chi connectivity index (χ2n) is 4.74. The van der Waals surface area contributed by atoms with Crippen LogP contribution in [0.25, 0.3) is 0 Å². The van der Waals surface area contributed by atoms with E-state index in [1.807, 2.05) is 0 Å². The van der Waals surface area contributed by atoms with Crippen LogP contribution >= 0.6 is 35.6 Å². The van der Waals surface area contributed by atoms with Gasteiger partial charge in [-0.1, -0.05) is 29.3 Å². The van der Waals surface area contributed by atoms with Gasteiger partial charge in [-0.3, -0.25) is 9.69 Å². The number of benzene rings is 1. The lowest BCUT2D eigenvalue weighted by Crippen LogP contribution is -2.51. The summed E-state index contributed by atoms with van der Waals surface area (Å²) < 4.78 is 0. The summed E-state index contributed by atoms with van der Waals surface area (Å²) in [6.07, 6.45) is 0. The Morgan fingerprint density at radius 1 is 1.45 bits per heavy atom. The number of halogens is 3. The molecule has 0 spiro atoms. The largest absolute Gasteiger partial charge is 0.322 e. The zero-order valence-electron chi connectivity index (χ0n) is 11.2. The molecule has 1 aromatic carbocycles. The smallest absolute Gasteiger partial charge is 0.238 e. The van der Waals surface area contributed by atoms with Crippen LogP contribution in [0.2, 0.25) is 10.0 Å². The maximum Gasteiger partial charge on any atom is 0.238 e. The Hall–Kier alpha value is -0.520. The molecule has 1 atom stereocenters. The summed E-state index contributed by atoms with van der Waals surface area (Å²) >= 11 is 12.0. The molecule has 112 valence electrons. The highest BCUT2D eigenvalue weighted by atomic mass is 35.5. The standard InChI is InChI=1S/C13H17Cl2N3O.ClH/c1-9-7-18(6-5-16-9)8-12(19)17-13-10(14)3-2-4-11(13)15;/h2-4,9,16H,5-8H2,1H3,(H,17,19);1H. The monoisotopic (exact) mass is 337 g/mol. The minimum atomic E-state index is -0.0934. The highest BCUT2D eigenvalue weighted by molar-refractivity contribution is 6.39. The van der Waals surface area contributed by atoms with Gasteiger partial charge in [0, 0.05) is 25.7 Å². The van der Waals surface area contributed by atoms with Crippen molar-refractivity contribution in [2.45, 2.75) is 13.0 Å². The molecule has 1 heterocycles. The van der Waals surface area contributed by atoms with E-state index in [1.54, 1.807) is 18.2 Å². The fourth-order valence-corrected chi connectivity index (χ4v) is 2.65. The molecule has 0 aliphatic carbocycles. The quantitative estimate of drug-likeness (QED) is 0.890. The first-order valence-corrected chi connectivity index (χ1v) is 7.01. The zero-order chi connectivity index (χ0) is 13.8. The Morgan fingerprint density at radius 2 is 2.10 bits per heavy atom. The van der Waals surface area contributed by atoms with Gasteiger partial charge in [0.1, 0.15) is 0 Å². The first-order valence-electron chi connectivity index (χ1n) is 6.26.